The second kappa shape index (κ2) is 7.79. The zero-order valence-electron chi connectivity index (χ0n) is 11.5. The monoisotopic (exact) mass is 411 g/mol. The molecule has 0 spiro atoms. The number of carboxylic acids is 1. The minimum atomic E-state index is -1.14. The first kappa shape index (κ1) is 16.3. The van der Waals surface area contributed by atoms with Crippen LogP contribution in [0.4, 0.5) is 4.79 Å². The summed E-state index contributed by atoms with van der Waals surface area (Å²) in [6.45, 7) is 0.0890. The van der Waals surface area contributed by atoms with Crippen LogP contribution in [0.2, 0.25) is 0 Å². The van der Waals surface area contributed by atoms with Gasteiger partial charge in [0.15, 0.2) is 6.04 Å². The third-order valence-electron chi connectivity index (χ3n) is 2.93. The standard InChI is InChI=1S/C16H14INO4/c17-13-8-6-12(7-9-13)14(15(19)20)18-16(21)22-10-11-4-2-1-3-5-11/h1-9,14H,10H2,(H,18,21)(H,19,20)/t14-/m1/s1. The first-order chi connectivity index (χ1) is 10.6. The van der Waals surface area contributed by atoms with Gasteiger partial charge >= 0.3 is 12.1 Å². The second-order valence-corrected chi connectivity index (χ2v) is 5.77. The molecule has 0 fully saturated rings. The van der Waals surface area contributed by atoms with Crippen molar-refractivity contribution < 1.29 is 19.4 Å². The summed E-state index contributed by atoms with van der Waals surface area (Å²) in [7, 11) is 0. The lowest BCUT2D eigenvalue weighted by molar-refractivity contribution is -0.139. The fraction of sp³-hybridized carbons (Fsp3) is 0.125. The molecule has 1 amide bonds. The molecule has 2 N–H and O–H groups in total. The summed E-state index contributed by atoms with van der Waals surface area (Å²) in [5.74, 6) is -1.14. The van der Waals surface area contributed by atoms with Crippen molar-refractivity contribution in [1.29, 1.82) is 0 Å². The van der Waals surface area contributed by atoms with Gasteiger partial charge in [-0.1, -0.05) is 42.5 Å². The summed E-state index contributed by atoms with van der Waals surface area (Å²) in [6, 6.07) is 14.9. The van der Waals surface area contributed by atoms with Crippen LogP contribution in [-0.4, -0.2) is 17.2 Å². The van der Waals surface area contributed by atoms with Gasteiger partial charge in [-0.25, -0.2) is 9.59 Å². The summed E-state index contributed by atoms with van der Waals surface area (Å²) in [5, 5.41) is 11.6. The molecule has 2 aromatic rings. The molecular weight excluding hydrogens is 397 g/mol. The van der Waals surface area contributed by atoms with E-state index in [1.54, 1.807) is 24.3 Å². The third-order valence-corrected chi connectivity index (χ3v) is 3.64. The Morgan fingerprint density at radius 2 is 1.73 bits per heavy atom. The highest BCUT2D eigenvalue weighted by molar-refractivity contribution is 14.1. The fourth-order valence-corrected chi connectivity index (χ4v) is 2.19. The van der Waals surface area contributed by atoms with E-state index in [4.69, 9.17) is 4.74 Å². The molecule has 0 aliphatic rings. The van der Waals surface area contributed by atoms with Gasteiger partial charge in [-0.05, 0) is 45.9 Å². The summed E-state index contributed by atoms with van der Waals surface area (Å²) < 4.78 is 6.02. The minimum absolute atomic E-state index is 0.0890. The Morgan fingerprint density at radius 3 is 2.32 bits per heavy atom. The van der Waals surface area contributed by atoms with Gasteiger partial charge in [0.1, 0.15) is 6.61 Å². The Labute approximate surface area is 141 Å². The zero-order valence-corrected chi connectivity index (χ0v) is 13.7. The SMILES string of the molecule is O=C(N[C@@H](C(=O)O)c1ccc(I)cc1)OCc1ccccc1. The van der Waals surface area contributed by atoms with Crippen LogP contribution in [0.25, 0.3) is 0 Å². The van der Waals surface area contributed by atoms with Crippen LogP contribution >= 0.6 is 22.6 Å². The fourth-order valence-electron chi connectivity index (χ4n) is 1.83. The number of carbonyl (C=O) groups is 2. The number of hydrogen-bond donors (Lipinski definition) is 2. The van der Waals surface area contributed by atoms with Gasteiger partial charge in [0, 0.05) is 3.57 Å². The first-order valence-corrected chi connectivity index (χ1v) is 7.59. The minimum Gasteiger partial charge on any atom is -0.479 e. The van der Waals surface area contributed by atoms with Gasteiger partial charge in [-0.3, -0.25) is 0 Å². The van der Waals surface area contributed by atoms with E-state index in [0.717, 1.165) is 9.13 Å². The topological polar surface area (TPSA) is 75.6 Å². The average molecular weight is 411 g/mol. The normalized spacial score (nSPS) is 11.5. The van der Waals surface area contributed by atoms with Crippen molar-refractivity contribution in [3.63, 3.8) is 0 Å². The highest BCUT2D eigenvalue weighted by Crippen LogP contribution is 2.16. The highest BCUT2D eigenvalue weighted by atomic mass is 127. The van der Waals surface area contributed by atoms with Gasteiger partial charge < -0.3 is 15.2 Å². The number of carboxylic acid groups (broad SMARTS) is 1. The maximum Gasteiger partial charge on any atom is 0.408 e. The first-order valence-electron chi connectivity index (χ1n) is 6.52. The molecule has 6 heteroatoms. The van der Waals surface area contributed by atoms with Crippen LogP contribution in [-0.2, 0) is 16.1 Å². The highest BCUT2D eigenvalue weighted by Gasteiger charge is 2.22. The molecular formula is C16H14INO4. The van der Waals surface area contributed by atoms with Crippen LogP contribution in [0.3, 0.4) is 0 Å². The molecule has 0 saturated heterocycles. The number of aliphatic carboxylic acids is 1. The van der Waals surface area contributed by atoms with Gasteiger partial charge in [-0.15, -0.1) is 0 Å². The number of alkyl carbamates (subject to hydrolysis) is 1. The summed E-state index contributed by atoms with van der Waals surface area (Å²) in [5.41, 5.74) is 1.32. The number of rotatable bonds is 5. The van der Waals surface area contributed by atoms with Crippen LogP contribution in [0.1, 0.15) is 17.2 Å². The van der Waals surface area contributed by atoms with Gasteiger partial charge in [-0.2, -0.15) is 0 Å². The predicted octanol–water partition coefficient (Wildman–Crippen LogP) is 3.34. The summed E-state index contributed by atoms with van der Waals surface area (Å²) in [6.07, 6.45) is -0.769. The lowest BCUT2D eigenvalue weighted by Crippen LogP contribution is -2.34. The average Bonchev–Trinajstić information content (AvgIpc) is 2.52. The molecule has 114 valence electrons. The molecule has 0 unspecified atom stereocenters. The van der Waals surface area contributed by atoms with Gasteiger partial charge in [0.05, 0.1) is 0 Å². The van der Waals surface area contributed by atoms with Crippen molar-refractivity contribution in [2.45, 2.75) is 12.6 Å². The number of carbonyl (C=O) groups excluding carboxylic acids is 1. The second-order valence-electron chi connectivity index (χ2n) is 4.53. The maximum atomic E-state index is 11.8. The number of benzene rings is 2. The van der Waals surface area contributed by atoms with E-state index < -0.39 is 18.1 Å². The quantitative estimate of drug-likeness (QED) is 0.741. The molecule has 0 bridgehead atoms. The van der Waals surface area contributed by atoms with Crippen molar-refractivity contribution in [1.82, 2.24) is 5.32 Å². The molecule has 2 rings (SSSR count). The Bertz CT molecular complexity index is 643. The Morgan fingerprint density at radius 1 is 1.09 bits per heavy atom. The predicted molar refractivity (Wildman–Crippen MR) is 89.3 cm³/mol. The zero-order chi connectivity index (χ0) is 15.9. The van der Waals surface area contributed by atoms with Gasteiger partial charge in [0.25, 0.3) is 0 Å². The van der Waals surface area contributed by atoms with Crippen molar-refractivity contribution in [3.05, 3.63) is 69.3 Å². The lowest BCUT2D eigenvalue weighted by Gasteiger charge is -2.15. The number of halogens is 1. The van der Waals surface area contributed by atoms with Crippen molar-refractivity contribution in [2.75, 3.05) is 0 Å². The number of ether oxygens (including phenoxy) is 1. The van der Waals surface area contributed by atoms with E-state index in [1.807, 2.05) is 30.3 Å². The van der Waals surface area contributed by atoms with Gasteiger partial charge in [0.2, 0.25) is 0 Å². The molecule has 0 heterocycles. The molecule has 0 radical (unpaired) electrons. The number of hydrogen-bond acceptors (Lipinski definition) is 3. The molecule has 2 aromatic carbocycles. The molecule has 0 aromatic heterocycles. The third kappa shape index (κ3) is 4.73. The largest absolute Gasteiger partial charge is 0.479 e. The Hall–Kier alpha value is -2.09. The molecule has 22 heavy (non-hydrogen) atoms. The summed E-state index contributed by atoms with van der Waals surface area (Å²) in [4.78, 5) is 23.1. The van der Waals surface area contributed by atoms with Crippen LogP contribution in [0, 0.1) is 3.57 Å². The Kier molecular flexibility index (Phi) is 5.76. The van der Waals surface area contributed by atoms with Crippen molar-refractivity contribution in [3.8, 4) is 0 Å². The lowest BCUT2D eigenvalue weighted by atomic mass is 10.1. The van der Waals surface area contributed by atoms with Crippen LogP contribution in [0.15, 0.2) is 54.6 Å². The number of nitrogens with one attached hydrogen (secondary N) is 1. The molecule has 0 saturated carbocycles. The van der Waals surface area contributed by atoms with E-state index in [9.17, 15) is 14.7 Å². The van der Waals surface area contributed by atoms with E-state index >= 15 is 0 Å². The summed E-state index contributed by atoms with van der Waals surface area (Å²) >= 11 is 2.12. The molecule has 1 atom stereocenters. The van der Waals surface area contributed by atoms with E-state index in [0.29, 0.717) is 5.56 Å². The van der Waals surface area contributed by atoms with Crippen LogP contribution in [0.5, 0.6) is 0 Å². The Balaban J connectivity index is 1.97. The maximum absolute atomic E-state index is 11.8. The molecule has 5 nitrogen and oxygen atoms in total. The molecule has 0 aliphatic heterocycles. The van der Waals surface area contributed by atoms with Crippen LogP contribution < -0.4 is 5.32 Å². The number of amides is 1. The van der Waals surface area contributed by atoms with Crippen molar-refractivity contribution in [2.24, 2.45) is 0 Å². The smallest absolute Gasteiger partial charge is 0.408 e. The molecule has 0 aliphatic carbocycles. The van der Waals surface area contributed by atoms with Crippen molar-refractivity contribution >= 4 is 34.7 Å². The van der Waals surface area contributed by atoms with E-state index in [1.165, 1.54) is 0 Å². The van der Waals surface area contributed by atoms with E-state index in [2.05, 4.69) is 27.9 Å². The van der Waals surface area contributed by atoms with E-state index in [-0.39, 0.29) is 6.61 Å².